The number of hydrogen-bond donors (Lipinski definition) is 0. The summed E-state index contributed by atoms with van der Waals surface area (Å²) >= 11 is 11.6. The van der Waals surface area contributed by atoms with Crippen molar-refractivity contribution in [2.24, 2.45) is 0 Å². The first-order valence-electron chi connectivity index (χ1n) is 4.18. The van der Waals surface area contributed by atoms with Gasteiger partial charge >= 0.3 is 0 Å². The Morgan fingerprint density at radius 2 is 1.75 bits per heavy atom. The van der Waals surface area contributed by atoms with Gasteiger partial charge < -0.3 is 0 Å². The lowest BCUT2D eigenvalue weighted by Gasteiger charge is -2.00. The molecule has 1 aromatic carbocycles. The predicted molar refractivity (Wildman–Crippen MR) is 57.2 cm³/mol. The van der Waals surface area contributed by atoms with E-state index in [1.54, 1.807) is 6.07 Å². The first kappa shape index (κ1) is 11.8. The number of hydrogen-bond acceptors (Lipinski definition) is 0. The molecule has 0 amide bonds. The molecule has 68 valence electrons. The first-order valence-corrected chi connectivity index (χ1v) is 4.94. The molecule has 2 heteroatoms. The lowest BCUT2D eigenvalue weighted by molar-refractivity contribution is 1.14. The minimum Gasteiger partial charge on any atom is -0.0827 e. The predicted octanol–water partition coefficient (Wildman–Crippen LogP) is 4.58. The van der Waals surface area contributed by atoms with Gasteiger partial charge in [-0.25, -0.2) is 0 Å². The van der Waals surface area contributed by atoms with E-state index in [4.69, 9.17) is 23.2 Å². The third kappa shape index (κ3) is 3.04. The Morgan fingerprint density at radius 3 is 2.17 bits per heavy atom. The van der Waals surface area contributed by atoms with E-state index in [0.29, 0.717) is 10.0 Å². The number of rotatable bonds is 1. The summed E-state index contributed by atoms with van der Waals surface area (Å²) in [6, 6.07) is 5.68. The van der Waals surface area contributed by atoms with Gasteiger partial charge in [-0.2, -0.15) is 0 Å². The van der Waals surface area contributed by atoms with Crippen LogP contribution in [0.3, 0.4) is 0 Å². The maximum Gasteiger partial charge on any atom is 0.0624 e. The first-order chi connectivity index (χ1) is 5.75. The highest BCUT2D eigenvalue weighted by atomic mass is 35.5. The lowest BCUT2D eigenvalue weighted by atomic mass is 10.2. The molecule has 0 radical (unpaired) electrons. The quantitative estimate of drug-likeness (QED) is 0.629. The van der Waals surface area contributed by atoms with Crippen molar-refractivity contribution in [1.29, 1.82) is 0 Å². The Kier molecular flexibility index (Phi) is 6.23. The Hall–Kier alpha value is -0.200. The fraction of sp³-hybridized carbons (Fsp3) is 0.400. The van der Waals surface area contributed by atoms with Crippen molar-refractivity contribution in [3.8, 4) is 0 Å². The van der Waals surface area contributed by atoms with E-state index in [-0.39, 0.29) is 0 Å². The maximum atomic E-state index is 5.86. The highest BCUT2D eigenvalue weighted by Crippen LogP contribution is 2.25. The smallest absolute Gasteiger partial charge is 0.0624 e. The summed E-state index contributed by atoms with van der Waals surface area (Å²) in [6.07, 6.45) is 0.930. The van der Waals surface area contributed by atoms with Crippen LogP contribution in [0, 0.1) is 0 Å². The zero-order valence-electron chi connectivity index (χ0n) is 7.70. The average Bonchev–Trinajstić information content (AvgIpc) is 2.13. The molecule has 0 aliphatic carbocycles. The zero-order valence-corrected chi connectivity index (χ0v) is 9.21. The molecule has 0 saturated heterocycles. The van der Waals surface area contributed by atoms with Crippen LogP contribution in [0.25, 0.3) is 0 Å². The van der Waals surface area contributed by atoms with Crippen molar-refractivity contribution in [1.82, 2.24) is 0 Å². The van der Waals surface area contributed by atoms with E-state index >= 15 is 0 Å². The third-order valence-electron chi connectivity index (χ3n) is 1.41. The second-order valence-electron chi connectivity index (χ2n) is 2.07. The summed E-state index contributed by atoms with van der Waals surface area (Å²) < 4.78 is 0. The fourth-order valence-electron chi connectivity index (χ4n) is 0.822. The minimum atomic E-state index is 0.640. The van der Waals surface area contributed by atoms with Gasteiger partial charge in [0.2, 0.25) is 0 Å². The number of halogens is 2. The second-order valence-corrected chi connectivity index (χ2v) is 2.85. The summed E-state index contributed by atoms with van der Waals surface area (Å²) in [6.45, 7) is 6.05. The summed E-state index contributed by atoms with van der Waals surface area (Å²) in [5, 5.41) is 1.33. The summed E-state index contributed by atoms with van der Waals surface area (Å²) in [4.78, 5) is 0. The molecule has 1 aromatic rings. The Labute approximate surface area is 84.5 Å². The van der Waals surface area contributed by atoms with Crippen LogP contribution in [0.15, 0.2) is 18.2 Å². The van der Waals surface area contributed by atoms with Crippen LogP contribution in [-0.4, -0.2) is 0 Å². The standard InChI is InChI=1S/C8H8Cl2.C2H6/c1-2-6-4-3-5-7(9)8(6)10;1-2/h3-5H,2H2,1H3;1-2H3. The monoisotopic (exact) mass is 204 g/mol. The van der Waals surface area contributed by atoms with E-state index in [2.05, 4.69) is 6.92 Å². The molecule has 0 heterocycles. The van der Waals surface area contributed by atoms with Crippen LogP contribution >= 0.6 is 23.2 Å². The van der Waals surface area contributed by atoms with Crippen molar-refractivity contribution in [2.75, 3.05) is 0 Å². The van der Waals surface area contributed by atoms with Crippen LogP contribution in [0.2, 0.25) is 10.0 Å². The highest BCUT2D eigenvalue weighted by Gasteiger charge is 1.99. The molecule has 0 atom stereocenters. The number of benzene rings is 1. The van der Waals surface area contributed by atoms with Crippen molar-refractivity contribution in [3.05, 3.63) is 33.8 Å². The zero-order chi connectivity index (χ0) is 9.56. The molecule has 0 aliphatic heterocycles. The van der Waals surface area contributed by atoms with Crippen LogP contribution in [-0.2, 0) is 6.42 Å². The average molecular weight is 205 g/mol. The van der Waals surface area contributed by atoms with E-state index in [1.807, 2.05) is 26.0 Å². The van der Waals surface area contributed by atoms with E-state index in [0.717, 1.165) is 12.0 Å². The molecule has 0 unspecified atom stereocenters. The topological polar surface area (TPSA) is 0 Å². The SMILES string of the molecule is CC.CCc1cccc(Cl)c1Cl. The largest absolute Gasteiger partial charge is 0.0827 e. The van der Waals surface area contributed by atoms with Crippen molar-refractivity contribution in [3.63, 3.8) is 0 Å². The highest BCUT2D eigenvalue weighted by molar-refractivity contribution is 6.42. The van der Waals surface area contributed by atoms with Gasteiger partial charge in [-0.05, 0) is 18.1 Å². The molecule has 0 aliphatic rings. The van der Waals surface area contributed by atoms with Gasteiger partial charge in [-0.1, -0.05) is 56.1 Å². The molecule has 0 fully saturated rings. The Morgan fingerprint density at radius 1 is 1.17 bits per heavy atom. The molecule has 1 rings (SSSR count). The molecule has 0 nitrogen and oxygen atoms in total. The van der Waals surface area contributed by atoms with E-state index in [1.165, 1.54) is 0 Å². The van der Waals surface area contributed by atoms with Crippen LogP contribution in [0.1, 0.15) is 26.3 Å². The van der Waals surface area contributed by atoms with Crippen LogP contribution in [0.5, 0.6) is 0 Å². The van der Waals surface area contributed by atoms with Crippen LogP contribution in [0.4, 0.5) is 0 Å². The Balaban J connectivity index is 0.000000561. The number of aryl methyl sites for hydroxylation is 1. The lowest BCUT2D eigenvalue weighted by Crippen LogP contribution is -1.80. The molecule has 12 heavy (non-hydrogen) atoms. The molecule has 0 spiro atoms. The van der Waals surface area contributed by atoms with Crippen molar-refractivity contribution >= 4 is 23.2 Å². The van der Waals surface area contributed by atoms with Gasteiger partial charge in [0.15, 0.2) is 0 Å². The van der Waals surface area contributed by atoms with Crippen molar-refractivity contribution < 1.29 is 0 Å². The summed E-state index contributed by atoms with van der Waals surface area (Å²) in [7, 11) is 0. The summed E-state index contributed by atoms with van der Waals surface area (Å²) in [5.74, 6) is 0. The normalized spacial score (nSPS) is 8.75. The van der Waals surface area contributed by atoms with Gasteiger partial charge in [-0.3, -0.25) is 0 Å². The molecule has 0 saturated carbocycles. The maximum absolute atomic E-state index is 5.86. The Bertz CT molecular complexity index is 231. The van der Waals surface area contributed by atoms with Gasteiger partial charge in [0.1, 0.15) is 0 Å². The van der Waals surface area contributed by atoms with E-state index in [9.17, 15) is 0 Å². The van der Waals surface area contributed by atoms with Crippen LogP contribution < -0.4 is 0 Å². The second kappa shape index (κ2) is 6.33. The molecule has 0 aromatic heterocycles. The van der Waals surface area contributed by atoms with Gasteiger partial charge in [0.05, 0.1) is 10.0 Å². The fourth-order valence-corrected chi connectivity index (χ4v) is 1.28. The van der Waals surface area contributed by atoms with Gasteiger partial charge in [0, 0.05) is 0 Å². The minimum absolute atomic E-state index is 0.640. The summed E-state index contributed by atoms with van der Waals surface area (Å²) in [5.41, 5.74) is 1.11. The molecular formula is C10H14Cl2. The molecular weight excluding hydrogens is 191 g/mol. The molecule has 0 N–H and O–H groups in total. The van der Waals surface area contributed by atoms with Gasteiger partial charge in [-0.15, -0.1) is 0 Å². The van der Waals surface area contributed by atoms with Gasteiger partial charge in [0.25, 0.3) is 0 Å². The molecule has 0 bridgehead atoms. The third-order valence-corrected chi connectivity index (χ3v) is 2.27. The van der Waals surface area contributed by atoms with Crippen molar-refractivity contribution in [2.45, 2.75) is 27.2 Å². The van der Waals surface area contributed by atoms with E-state index < -0.39 is 0 Å².